The van der Waals surface area contributed by atoms with E-state index in [1.165, 1.54) is 28.7 Å². The summed E-state index contributed by atoms with van der Waals surface area (Å²) in [7, 11) is 0. The number of thiazole rings is 1. The van der Waals surface area contributed by atoms with Gasteiger partial charge in [0.25, 0.3) is 0 Å². The number of anilines is 2. The van der Waals surface area contributed by atoms with Crippen molar-refractivity contribution in [1.29, 1.82) is 0 Å². The lowest BCUT2D eigenvalue weighted by Gasteiger charge is -2.07. The van der Waals surface area contributed by atoms with Crippen LogP contribution in [0.5, 0.6) is 0 Å². The highest BCUT2D eigenvalue weighted by atomic mass is 32.2. The predicted octanol–water partition coefficient (Wildman–Crippen LogP) is 2.29. The SMILES string of the molecule is Nc1nnc(SCCc2ccccc2)n1CC(=O)Nc1nccs1. The molecule has 2 aromatic heterocycles. The van der Waals surface area contributed by atoms with E-state index in [0.29, 0.717) is 10.3 Å². The average Bonchev–Trinajstić information content (AvgIpc) is 3.20. The molecule has 0 radical (unpaired) electrons. The van der Waals surface area contributed by atoms with Gasteiger partial charge in [-0.3, -0.25) is 9.36 Å². The first-order valence-electron chi connectivity index (χ1n) is 7.27. The van der Waals surface area contributed by atoms with E-state index in [0.717, 1.165) is 12.2 Å². The Kier molecular flexibility index (Phi) is 5.44. The van der Waals surface area contributed by atoms with Crippen LogP contribution >= 0.6 is 23.1 Å². The van der Waals surface area contributed by atoms with E-state index < -0.39 is 0 Å². The van der Waals surface area contributed by atoms with E-state index in [1.807, 2.05) is 18.2 Å². The molecule has 0 unspecified atom stereocenters. The van der Waals surface area contributed by atoms with Crippen molar-refractivity contribution >= 4 is 40.1 Å². The maximum atomic E-state index is 12.1. The summed E-state index contributed by atoms with van der Waals surface area (Å²) in [5, 5.41) is 13.6. The van der Waals surface area contributed by atoms with Gasteiger partial charge in [-0.05, 0) is 12.0 Å². The molecule has 0 atom stereocenters. The third kappa shape index (κ3) is 4.33. The zero-order chi connectivity index (χ0) is 16.8. The van der Waals surface area contributed by atoms with Crippen LogP contribution in [0.15, 0.2) is 47.1 Å². The molecule has 9 heteroatoms. The van der Waals surface area contributed by atoms with Gasteiger partial charge in [-0.15, -0.1) is 21.5 Å². The molecule has 24 heavy (non-hydrogen) atoms. The number of hydrogen-bond donors (Lipinski definition) is 2. The minimum absolute atomic E-state index is 0.0616. The topological polar surface area (TPSA) is 98.7 Å². The van der Waals surface area contributed by atoms with Gasteiger partial charge in [-0.25, -0.2) is 4.98 Å². The van der Waals surface area contributed by atoms with Crippen LogP contribution in [-0.4, -0.2) is 31.4 Å². The van der Waals surface area contributed by atoms with Crippen LogP contribution in [0.2, 0.25) is 0 Å². The first-order chi connectivity index (χ1) is 11.7. The largest absolute Gasteiger partial charge is 0.368 e. The lowest BCUT2D eigenvalue weighted by Crippen LogP contribution is -2.20. The second-order valence-corrected chi connectivity index (χ2v) is 6.85. The average molecular weight is 360 g/mol. The molecule has 1 aromatic carbocycles. The summed E-state index contributed by atoms with van der Waals surface area (Å²) in [6.07, 6.45) is 2.54. The zero-order valence-corrected chi connectivity index (χ0v) is 14.4. The van der Waals surface area contributed by atoms with Crippen molar-refractivity contribution in [3.8, 4) is 0 Å². The third-order valence-corrected chi connectivity index (χ3v) is 4.85. The highest BCUT2D eigenvalue weighted by Crippen LogP contribution is 2.20. The van der Waals surface area contributed by atoms with Crippen molar-refractivity contribution in [3.63, 3.8) is 0 Å². The number of nitrogens with one attached hydrogen (secondary N) is 1. The number of rotatable bonds is 7. The van der Waals surface area contributed by atoms with Gasteiger partial charge in [-0.2, -0.15) is 0 Å². The van der Waals surface area contributed by atoms with Crippen molar-refractivity contribution in [2.75, 3.05) is 16.8 Å². The maximum absolute atomic E-state index is 12.1. The Morgan fingerprint density at radius 1 is 1.29 bits per heavy atom. The smallest absolute Gasteiger partial charge is 0.246 e. The van der Waals surface area contributed by atoms with Crippen molar-refractivity contribution in [2.45, 2.75) is 18.1 Å². The van der Waals surface area contributed by atoms with Gasteiger partial charge >= 0.3 is 0 Å². The molecule has 2 heterocycles. The van der Waals surface area contributed by atoms with E-state index >= 15 is 0 Å². The summed E-state index contributed by atoms with van der Waals surface area (Å²) in [5.74, 6) is 0.851. The van der Waals surface area contributed by atoms with E-state index in [2.05, 4.69) is 32.6 Å². The van der Waals surface area contributed by atoms with Crippen molar-refractivity contribution < 1.29 is 4.79 Å². The predicted molar refractivity (Wildman–Crippen MR) is 96.0 cm³/mol. The molecule has 3 N–H and O–H groups in total. The summed E-state index contributed by atoms with van der Waals surface area (Å²) in [5.41, 5.74) is 7.08. The van der Waals surface area contributed by atoms with Crippen LogP contribution < -0.4 is 11.1 Å². The first kappa shape index (κ1) is 16.5. The van der Waals surface area contributed by atoms with Gasteiger partial charge in [0.1, 0.15) is 6.54 Å². The molecule has 3 aromatic rings. The molecule has 0 aliphatic carbocycles. The molecular weight excluding hydrogens is 344 g/mol. The molecule has 124 valence electrons. The van der Waals surface area contributed by atoms with Crippen molar-refractivity contribution in [2.24, 2.45) is 0 Å². The number of aryl methyl sites for hydroxylation is 1. The fraction of sp³-hybridized carbons (Fsp3) is 0.200. The molecular formula is C15H16N6OS2. The highest BCUT2D eigenvalue weighted by Gasteiger charge is 2.14. The van der Waals surface area contributed by atoms with Crippen LogP contribution in [0.25, 0.3) is 0 Å². The molecule has 0 saturated carbocycles. The molecule has 3 rings (SSSR count). The number of nitrogen functional groups attached to an aromatic ring is 1. The number of nitrogens with two attached hydrogens (primary N) is 1. The van der Waals surface area contributed by atoms with Crippen LogP contribution in [0.3, 0.4) is 0 Å². The summed E-state index contributed by atoms with van der Waals surface area (Å²) >= 11 is 2.89. The Balaban J connectivity index is 1.58. The van der Waals surface area contributed by atoms with Crippen LogP contribution in [0, 0.1) is 0 Å². The van der Waals surface area contributed by atoms with Gasteiger partial charge in [0.05, 0.1) is 0 Å². The van der Waals surface area contributed by atoms with Gasteiger partial charge in [0.2, 0.25) is 11.9 Å². The highest BCUT2D eigenvalue weighted by molar-refractivity contribution is 7.99. The Hall–Kier alpha value is -2.39. The number of thioether (sulfide) groups is 1. The number of hydrogen-bond acceptors (Lipinski definition) is 7. The molecule has 7 nitrogen and oxygen atoms in total. The quantitative estimate of drug-likeness (QED) is 0.627. The van der Waals surface area contributed by atoms with Crippen LogP contribution in [0.1, 0.15) is 5.56 Å². The summed E-state index contributed by atoms with van der Waals surface area (Å²) in [4.78, 5) is 16.1. The minimum atomic E-state index is -0.207. The second-order valence-electron chi connectivity index (χ2n) is 4.90. The number of amides is 1. The molecule has 0 fully saturated rings. The van der Waals surface area contributed by atoms with Crippen molar-refractivity contribution in [1.82, 2.24) is 19.7 Å². The monoisotopic (exact) mass is 360 g/mol. The van der Waals surface area contributed by atoms with Gasteiger partial charge in [0, 0.05) is 17.3 Å². The maximum Gasteiger partial charge on any atom is 0.246 e. The summed E-state index contributed by atoms with van der Waals surface area (Å²) in [6, 6.07) is 10.2. The molecule has 0 aliphatic heterocycles. The lowest BCUT2D eigenvalue weighted by atomic mass is 10.2. The minimum Gasteiger partial charge on any atom is -0.368 e. The fourth-order valence-corrected chi connectivity index (χ4v) is 3.53. The Morgan fingerprint density at radius 3 is 2.88 bits per heavy atom. The van der Waals surface area contributed by atoms with Crippen molar-refractivity contribution in [3.05, 3.63) is 47.5 Å². The molecule has 0 spiro atoms. The molecule has 0 saturated heterocycles. The molecule has 0 aliphatic rings. The number of carbonyl (C=O) groups excluding carboxylic acids is 1. The summed E-state index contributed by atoms with van der Waals surface area (Å²) in [6.45, 7) is 0.0616. The number of nitrogens with zero attached hydrogens (tertiary/aromatic N) is 4. The lowest BCUT2D eigenvalue weighted by molar-refractivity contribution is -0.116. The third-order valence-electron chi connectivity index (χ3n) is 3.19. The number of carbonyl (C=O) groups is 1. The Morgan fingerprint density at radius 2 is 2.12 bits per heavy atom. The fourth-order valence-electron chi connectivity index (χ4n) is 2.05. The van der Waals surface area contributed by atoms with Crippen LogP contribution in [0.4, 0.5) is 11.1 Å². The molecule has 0 bridgehead atoms. The number of aromatic nitrogens is 4. The Bertz CT molecular complexity index is 788. The van der Waals surface area contributed by atoms with E-state index in [9.17, 15) is 4.79 Å². The normalized spacial score (nSPS) is 10.7. The van der Waals surface area contributed by atoms with Gasteiger partial charge in [0.15, 0.2) is 10.3 Å². The van der Waals surface area contributed by atoms with E-state index in [1.54, 1.807) is 16.1 Å². The van der Waals surface area contributed by atoms with Gasteiger partial charge < -0.3 is 11.1 Å². The number of benzene rings is 1. The zero-order valence-electron chi connectivity index (χ0n) is 12.8. The molecule has 1 amide bonds. The standard InChI is InChI=1S/C15H16N6OS2/c16-13-19-20-15(24-8-6-11-4-2-1-3-5-11)21(13)10-12(22)18-14-17-7-9-23-14/h1-5,7,9H,6,8,10H2,(H2,16,19)(H,17,18,22). The van der Waals surface area contributed by atoms with Crippen LogP contribution in [-0.2, 0) is 17.8 Å². The second kappa shape index (κ2) is 7.93. The van der Waals surface area contributed by atoms with E-state index in [4.69, 9.17) is 5.73 Å². The first-order valence-corrected chi connectivity index (χ1v) is 9.13. The Labute approximate surface area is 147 Å². The van der Waals surface area contributed by atoms with Gasteiger partial charge in [-0.1, -0.05) is 42.1 Å². The summed E-state index contributed by atoms with van der Waals surface area (Å²) < 4.78 is 1.61. The van der Waals surface area contributed by atoms with E-state index in [-0.39, 0.29) is 18.4 Å².